The molecule has 0 saturated carbocycles. The fraction of sp³-hybridized carbons (Fsp3) is 0.562. The number of nitrogens with one attached hydrogen (secondary N) is 2. The molecular weight excluding hydrogens is 359 g/mol. The number of amides is 1. The Hall–Kier alpha value is -1.51. The lowest BCUT2D eigenvalue weighted by molar-refractivity contribution is -0.137. The zero-order valence-electron chi connectivity index (χ0n) is 13.8. The molecule has 1 aliphatic rings. The first kappa shape index (κ1) is 21.5. The fourth-order valence-electron chi connectivity index (χ4n) is 2.43. The van der Waals surface area contributed by atoms with E-state index in [0.717, 1.165) is 51.3 Å². The molecule has 0 bridgehead atoms. The SMILES string of the molecule is Cl.O=C(COc1cccc(C(F)(F)F)c1)NCCCN1CCNCC1. The van der Waals surface area contributed by atoms with Gasteiger partial charge in [0.2, 0.25) is 0 Å². The lowest BCUT2D eigenvalue weighted by atomic mass is 10.2. The second kappa shape index (κ2) is 10.5. The quantitative estimate of drug-likeness (QED) is 0.709. The van der Waals surface area contributed by atoms with E-state index in [0.29, 0.717) is 6.54 Å². The molecule has 25 heavy (non-hydrogen) atoms. The van der Waals surface area contributed by atoms with Gasteiger partial charge in [-0.3, -0.25) is 4.79 Å². The lowest BCUT2D eigenvalue weighted by Gasteiger charge is -2.27. The summed E-state index contributed by atoms with van der Waals surface area (Å²) in [7, 11) is 0. The van der Waals surface area contributed by atoms with E-state index in [9.17, 15) is 18.0 Å². The van der Waals surface area contributed by atoms with Crippen molar-refractivity contribution in [2.24, 2.45) is 0 Å². The number of hydrogen-bond donors (Lipinski definition) is 2. The Bertz CT molecular complexity index is 538. The van der Waals surface area contributed by atoms with Gasteiger partial charge < -0.3 is 20.3 Å². The topological polar surface area (TPSA) is 53.6 Å². The summed E-state index contributed by atoms with van der Waals surface area (Å²) in [5.74, 6) is -0.312. The largest absolute Gasteiger partial charge is 0.484 e. The van der Waals surface area contributed by atoms with E-state index < -0.39 is 11.7 Å². The molecule has 1 aliphatic heterocycles. The molecule has 1 saturated heterocycles. The van der Waals surface area contributed by atoms with Gasteiger partial charge in [-0.15, -0.1) is 12.4 Å². The Kier molecular flexibility index (Phi) is 9.02. The second-order valence-electron chi connectivity index (χ2n) is 5.61. The molecular formula is C16H23ClF3N3O2. The van der Waals surface area contributed by atoms with Crippen molar-refractivity contribution in [3.05, 3.63) is 29.8 Å². The molecule has 1 fully saturated rings. The van der Waals surface area contributed by atoms with Gasteiger partial charge in [-0.25, -0.2) is 0 Å². The van der Waals surface area contributed by atoms with Crippen LogP contribution in [0.4, 0.5) is 13.2 Å². The van der Waals surface area contributed by atoms with Crippen LogP contribution in [0.15, 0.2) is 24.3 Å². The van der Waals surface area contributed by atoms with Gasteiger partial charge in [-0.2, -0.15) is 13.2 Å². The maximum Gasteiger partial charge on any atom is 0.416 e. The highest BCUT2D eigenvalue weighted by atomic mass is 35.5. The first-order chi connectivity index (χ1) is 11.4. The van der Waals surface area contributed by atoms with E-state index in [4.69, 9.17) is 4.74 Å². The first-order valence-electron chi connectivity index (χ1n) is 7.95. The zero-order valence-corrected chi connectivity index (χ0v) is 14.6. The summed E-state index contributed by atoms with van der Waals surface area (Å²) in [4.78, 5) is 14.0. The van der Waals surface area contributed by atoms with Gasteiger partial charge in [0.15, 0.2) is 6.61 Å². The van der Waals surface area contributed by atoms with Crippen molar-refractivity contribution in [1.82, 2.24) is 15.5 Å². The highest BCUT2D eigenvalue weighted by molar-refractivity contribution is 5.85. The van der Waals surface area contributed by atoms with E-state index >= 15 is 0 Å². The van der Waals surface area contributed by atoms with Crippen LogP contribution in [-0.4, -0.2) is 56.7 Å². The monoisotopic (exact) mass is 381 g/mol. The molecule has 1 amide bonds. The molecule has 0 aliphatic carbocycles. The van der Waals surface area contributed by atoms with Crippen molar-refractivity contribution >= 4 is 18.3 Å². The zero-order chi connectivity index (χ0) is 17.4. The fourth-order valence-corrected chi connectivity index (χ4v) is 2.43. The van der Waals surface area contributed by atoms with Gasteiger partial charge in [-0.05, 0) is 31.2 Å². The summed E-state index contributed by atoms with van der Waals surface area (Å²) >= 11 is 0. The summed E-state index contributed by atoms with van der Waals surface area (Å²) in [5, 5.41) is 5.98. The highest BCUT2D eigenvalue weighted by Gasteiger charge is 2.30. The molecule has 0 atom stereocenters. The number of ether oxygens (including phenoxy) is 1. The van der Waals surface area contributed by atoms with Crippen molar-refractivity contribution in [3.63, 3.8) is 0 Å². The number of hydrogen-bond acceptors (Lipinski definition) is 4. The predicted molar refractivity (Wildman–Crippen MR) is 91.1 cm³/mol. The maximum absolute atomic E-state index is 12.6. The van der Waals surface area contributed by atoms with Crippen molar-refractivity contribution in [2.45, 2.75) is 12.6 Å². The summed E-state index contributed by atoms with van der Waals surface area (Å²) < 4.78 is 42.9. The van der Waals surface area contributed by atoms with Crippen molar-refractivity contribution in [2.75, 3.05) is 45.9 Å². The minimum atomic E-state index is -4.42. The van der Waals surface area contributed by atoms with Crippen LogP contribution >= 0.6 is 12.4 Å². The maximum atomic E-state index is 12.6. The average molecular weight is 382 g/mol. The van der Waals surface area contributed by atoms with Crippen molar-refractivity contribution in [1.29, 1.82) is 0 Å². The van der Waals surface area contributed by atoms with Crippen molar-refractivity contribution in [3.8, 4) is 5.75 Å². The van der Waals surface area contributed by atoms with E-state index in [-0.39, 0.29) is 30.7 Å². The first-order valence-corrected chi connectivity index (χ1v) is 7.95. The van der Waals surface area contributed by atoms with Crippen molar-refractivity contribution < 1.29 is 22.7 Å². The third-order valence-electron chi connectivity index (χ3n) is 3.71. The summed E-state index contributed by atoms with van der Waals surface area (Å²) in [6.07, 6.45) is -3.60. The molecule has 1 aromatic carbocycles. The van der Waals surface area contributed by atoms with Crippen LogP contribution in [0.2, 0.25) is 0 Å². The van der Waals surface area contributed by atoms with Gasteiger partial charge in [0.25, 0.3) is 5.91 Å². The Labute approximate surface area is 151 Å². The van der Waals surface area contributed by atoms with Crippen LogP contribution in [0, 0.1) is 0 Å². The second-order valence-corrected chi connectivity index (χ2v) is 5.61. The number of carbonyl (C=O) groups excluding carboxylic acids is 1. The summed E-state index contributed by atoms with van der Waals surface area (Å²) in [6.45, 7) is 5.12. The molecule has 1 heterocycles. The minimum absolute atomic E-state index is 0. The van der Waals surface area contributed by atoms with Gasteiger partial charge in [0.05, 0.1) is 5.56 Å². The molecule has 0 unspecified atom stereocenters. The van der Waals surface area contributed by atoms with Crippen LogP contribution < -0.4 is 15.4 Å². The highest BCUT2D eigenvalue weighted by Crippen LogP contribution is 2.31. The third-order valence-corrected chi connectivity index (χ3v) is 3.71. The van der Waals surface area contributed by atoms with Gasteiger partial charge >= 0.3 is 6.18 Å². The van der Waals surface area contributed by atoms with E-state index in [1.165, 1.54) is 12.1 Å². The van der Waals surface area contributed by atoms with E-state index in [2.05, 4.69) is 15.5 Å². The molecule has 9 heteroatoms. The Morgan fingerprint density at radius 3 is 2.68 bits per heavy atom. The molecule has 142 valence electrons. The number of nitrogens with zero attached hydrogens (tertiary/aromatic N) is 1. The molecule has 2 rings (SSSR count). The number of halogens is 4. The third kappa shape index (κ3) is 7.94. The molecule has 5 nitrogen and oxygen atoms in total. The number of piperazine rings is 1. The van der Waals surface area contributed by atoms with Crippen LogP contribution in [0.25, 0.3) is 0 Å². The van der Waals surface area contributed by atoms with E-state index in [1.807, 2.05) is 0 Å². The normalized spacial score (nSPS) is 15.3. The Balaban J connectivity index is 0.00000312. The minimum Gasteiger partial charge on any atom is -0.484 e. The smallest absolute Gasteiger partial charge is 0.416 e. The number of alkyl halides is 3. The number of carbonyl (C=O) groups is 1. The standard InChI is InChI=1S/C16H22F3N3O2.ClH/c17-16(18,19)13-3-1-4-14(11-13)24-12-15(23)21-5-2-8-22-9-6-20-7-10-22;/h1,3-4,11,20H,2,5-10,12H2,(H,21,23);1H. The Morgan fingerprint density at radius 2 is 2.00 bits per heavy atom. The lowest BCUT2D eigenvalue weighted by Crippen LogP contribution is -2.44. The molecule has 0 aromatic heterocycles. The van der Waals surface area contributed by atoms with Gasteiger partial charge in [-0.1, -0.05) is 6.07 Å². The van der Waals surface area contributed by atoms with Crippen LogP contribution in [0.3, 0.4) is 0 Å². The van der Waals surface area contributed by atoms with Crippen LogP contribution in [-0.2, 0) is 11.0 Å². The van der Waals surface area contributed by atoms with E-state index in [1.54, 1.807) is 0 Å². The molecule has 0 spiro atoms. The van der Waals surface area contributed by atoms with Crippen LogP contribution in [0.5, 0.6) is 5.75 Å². The predicted octanol–water partition coefficient (Wildman–Crippen LogP) is 1.92. The number of benzene rings is 1. The van der Waals surface area contributed by atoms with Gasteiger partial charge in [0.1, 0.15) is 5.75 Å². The number of rotatable bonds is 7. The molecule has 0 radical (unpaired) electrons. The average Bonchev–Trinajstić information content (AvgIpc) is 2.57. The van der Waals surface area contributed by atoms with Crippen LogP contribution in [0.1, 0.15) is 12.0 Å². The Morgan fingerprint density at radius 1 is 1.28 bits per heavy atom. The molecule has 2 N–H and O–H groups in total. The summed E-state index contributed by atoms with van der Waals surface area (Å²) in [5.41, 5.74) is -0.795. The summed E-state index contributed by atoms with van der Waals surface area (Å²) in [6, 6.07) is 4.50. The van der Waals surface area contributed by atoms with Gasteiger partial charge in [0, 0.05) is 32.7 Å². The molecule has 1 aromatic rings.